The minimum Gasteiger partial charge on any atom is -0.494 e. The molecule has 0 spiro atoms. The molecule has 1 aliphatic heterocycles. The van der Waals surface area contributed by atoms with Crippen molar-refractivity contribution in [2.45, 2.75) is 26.3 Å². The maximum absolute atomic E-state index is 13.4. The monoisotopic (exact) mass is 485 g/mol. The molecule has 6 nitrogen and oxygen atoms in total. The van der Waals surface area contributed by atoms with E-state index in [1.54, 1.807) is 12.1 Å². The lowest BCUT2D eigenvalue weighted by Crippen LogP contribution is -2.24. The highest BCUT2D eigenvalue weighted by atomic mass is 35.5. The van der Waals surface area contributed by atoms with E-state index in [0.717, 1.165) is 27.8 Å². The zero-order valence-corrected chi connectivity index (χ0v) is 20.2. The van der Waals surface area contributed by atoms with Crippen molar-refractivity contribution < 1.29 is 9.53 Å². The number of halogens is 1. The topological polar surface area (TPSA) is 74.8 Å². The number of carbonyl (C=O) groups excluding carboxylic acids is 1. The van der Waals surface area contributed by atoms with Crippen LogP contribution in [0.4, 0.5) is 0 Å². The smallest absolute Gasteiger partial charge is 0.258 e. The lowest BCUT2D eigenvalue weighted by Gasteiger charge is -2.20. The number of amides is 1. The molecule has 1 aliphatic rings. The van der Waals surface area contributed by atoms with Crippen molar-refractivity contribution in [1.29, 1.82) is 0 Å². The lowest BCUT2D eigenvalue weighted by molar-refractivity contribution is -0.130. The molecule has 3 aromatic carbocycles. The molecule has 5 rings (SSSR count). The minimum atomic E-state index is -0.323. The van der Waals surface area contributed by atoms with Crippen LogP contribution in [-0.4, -0.2) is 28.2 Å². The second kappa shape index (κ2) is 9.39. The number of aromatic nitrogens is 1. The van der Waals surface area contributed by atoms with Gasteiger partial charge in [-0.05, 0) is 48.4 Å². The Morgan fingerprint density at radius 2 is 1.83 bits per heavy atom. The average molecular weight is 486 g/mol. The number of hydrogen-bond donors (Lipinski definition) is 1. The summed E-state index contributed by atoms with van der Waals surface area (Å²) in [7, 11) is 0. The first-order valence-electron chi connectivity index (χ1n) is 11.5. The molecule has 1 N–H and O–H groups in total. The first-order chi connectivity index (χ1) is 17.0. The van der Waals surface area contributed by atoms with Gasteiger partial charge >= 0.3 is 0 Å². The second-order valence-corrected chi connectivity index (χ2v) is 8.83. The van der Waals surface area contributed by atoms with Crippen LogP contribution >= 0.6 is 11.6 Å². The Morgan fingerprint density at radius 3 is 2.51 bits per heavy atom. The van der Waals surface area contributed by atoms with Crippen molar-refractivity contribution in [3.63, 3.8) is 0 Å². The Kier molecular flexibility index (Phi) is 6.14. The van der Waals surface area contributed by atoms with Gasteiger partial charge in [-0.25, -0.2) is 5.01 Å². The molecule has 0 fully saturated rings. The predicted molar refractivity (Wildman–Crippen MR) is 139 cm³/mol. The molecule has 1 amide bonds. The van der Waals surface area contributed by atoms with Crippen LogP contribution in [0.2, 0.25) is 5.02 Å². The quantitative estimate of drug-likeness (QED) is 0.380. The molecule has 35 heavy (non-hydrogen) atoms. The maximum atomic E-state index is 13.4. The Hall–Kier alpha value is -3.90. The number of benzene rings is 3. The number of nitrogens with one attached hydrogen (secondary N) is 1. The van der Waals surface area contributed by atoms with E-state index in [2.05, 4.69) is 10.1 Å². The third kappa shape index (κ3) is 4.33. The van der Waals surface area contributed by atoms with E-state index in [1.807, 2.05) is 67.6 Å². The lowest BCUT2D eigenvalue weighted by atomic mass is 9.91. The van der Waals surface area contributed by atoms with Gasteiger partial charge in [-0.15, -0.1) is 0 Å². The highest BCUT2D eigenvalue weighted by molar-refractivity contribution is 6.31. The molecule has 0 radical (unpaired) electrons. The number of pyridine rings is 1. The van der Waals surface area contributed by atoms with E-state index in [9.17, 15) is 9.59 Å². The molecular formula is C28H24ClN3O3. The normalized spacial score (nSPS) is 15.3. The van der Waals surface area contributed by atoms with Crippen LogP contribution in [-0.2, 0) is 4.79 Å². The van der Waals surface area contributed by atoms with Gasteiger partial charge in [0, 0.05) is 34.8 Å². The number of hydrazone groups is 1. The fourth-order valence-corrected chi connectivity index (χ4v) is 4.78. The number of hydrogen-bond acceptors (Lipinski definition) is 4. The summed E-state index contributed by atoms with van der Waals surface area (Å²) in [6, 6.07) is 22.4. The largest absolute Gasteiger partial charge is 0.494 e. The number of carbonyl (C=O) groups is 1. The standard InChI is InChI=1S/C28H24ClN3O3/c1-3-35-21-12-9-18(10-13-21)25-16-24(31-32(25)17(2)33)27-26(19-7-5-4-6-8-19)22-15-20(29)11-14-23(22)30-28(27)34/h4-15,25H,3,16H2,1-2H3,(H,30,34)/t25-/m0/s1. The predicted octanol–water partition coefficient (Wildman–Crippen LogP) is 5.94. The van der Waals surface area contributed by atoms with Crippen molar-refractivity contribution in [3.8, 4) is 16.9 Å². The van der Waals surface area contributed by atoms with Crippen LogP contribution in [0.3, 0.4) is 0 Å². The number of fused-ring (bicyclic) bond motifs is 1. The van der Waals surface area contributed by atoms with Gasteiger partial charge in [0.15, 0.2) is 0 Å². The van der Waals surface area contributed by atoms with Gasteiger partial charge in [0.1, 0.15) is 5.75 Å². The fraction of sp³-hybridized carbons (Fsp3) is 0.179. The average Bonchev–Trinajstić information content (AvgIpc) is 3.30. The zero-order chi connectivity index (χ0) is 24.5. The summed E-state index contributed by atoms with van der Waals surface area (Å²) < 4.78 is 5.55. The summed E-state index contributed by atoms with van der Waals surface area (Å²) in [5.41, 5.74) is 3.99. The molecule has 1 atom stereocenters. The van der Waals surface area contributed by atoms with E-state index in [-0.39, 0.29) is 17.5 Å². The second-order valence-electron chi connectivity index (χ2n) is 8.39. The van der Waals surface area contributed by atoms with Crippen molar-refractivity contribution in [2.24, 2.45) is 5.10 Å². The van der Waals surface area contributed by atoms with Gasteiger partial charge in [0.2, 0.25) is 5.91 Å². The summed E-state index contributed by atoms with van der Waals surface area (Å²) in [4.78, 5) is 29.0. The first kappa shape index (κ1) is 22.9. The van der Waals surface area contributed by atoms with Crippen molar-refractivity contribution in [3.05, 3.63) is 99.3 Å². The third-order valence-electron chi connectivity index (χ3n) is 6.14. The maximum Gasteiger partial charge on any atom is 0.258 e. The van der Waals surface area contributed by atoms with Gasteiger partial charge in [-0.3, -0.25) is 9.59 Å². The summed E-state index contributed by atoms with van der Waals surface area (Å²) in [5.74, 6) is 0.569. The van der Waals surface area contributed by atoms with E-state index in [0.29, 0.717) is 34.8 Å². The zero-order valence-electron chi connectivity index (χ0n) is 19.4. The van der Waals surface area contributed by atoms with Crippen LogP contribution < -0.4 is 10.3 Å². The molecular weight excluding hydrogens is 462 g/mol. The van der Waals surface area contributed by atoms with Crippen LogP contribution in [0.1, 0.15) is 37.4 Å². The highest BCUT2D eigenvalue weighted by Gasteiger charge is 2.34. The summed E-state index contributed by atoms with van der Waals surface area (Å²) >= 11 is 6.35. The van der Waals surface area contributed by atoms with E-state index in [4.69, 9.17) is 16.3 Å². The molecule has 2 heterocycles. The van der Waals surface area contributed by atoms with Crippen molar-refractivity contribution in [2.75, 3.05) is 6.61 Å². The number of aromatic amines is 1. The van der Waals surface area contributed by atoms with Gasteiger partial charge in [-0.2, -0.15) is 5.10 Å². The van der Waals surface area contributed by atoms with Gasteiger partial charge < -0.3 is 9.72 Å². The number of nitrogens with zero attached hydrogens (tertiary/aromatic N) is 2. The van der Waals surface area contributed by atoms with Crippen LogP contribution in [0, 0.1) is 0 Å². The molecule has 0 unspecified atom stereocenters. The molecule has 0 aliphatic carbocycles. The summed E-state index contributed by atoms with van der Waals surface area (Å²) in [5, 5.41) is 7.51. The van der Waals surface area contributed by atoms with Crippen molar-refractivity contribution in [1.82, 2.24) is 9.99 Å². The summed E-state index contributed by atoms with van der Waals surface area (Å²) in [6.07, 6.45) is 0.405. The molecule has 176 valence electrons. The van der Waals surface area contributed by atoms with Gasteiger partial charge in [0.25, 0.3) is 5.56 Å². The van der Waals surface area contributed by atoms with Gasteiger partial charge in [0.05, 0.1) is 23.9 Å². The van der Waals surface area contributed by atoms with Crippen LogP contribution in [0.5, 0.6) is 5.75 Å². The Bertz CT molecular complexity index is 1490. The molecule has 0 saturated heterocycles. The first-order valence-corrected chi connectivity index (χ1v) is 11.9. The molecule has 0 saturated carbocycles. The highest BCUT2D eigenvalue weighted by Crippen LogP contribution is 2.37. The molecule has 1 aromatic heterocycles. The van der Waals surface area contributed by atoms with E-state index >= 15 is 0 Å². The summed E-state index contributed by atoms with van der Waals surface area (Å²) in [6.45, 7) is 3.99. The molecule has 0 bridgehead atoms. The number of ether oxygens (including phenoxy) is 1. The Balaban J connectivity index is 1.67. The number of rotatable bonds is 5. The molecule has 4 aromatic rings. The number of H-pyrrole nitrogens is 1. The minimum absolute atomic E-state index is 0.194. The van der Waals surface area contributed by atoms with E-state index in [1.165, 1.54) is 11.9 Å². The third-order valence-corrected chi connectivity index (χ3v) is 6.37. The SMILES string of the molecule is CCOc1ccc([C@@H]2CC(c3c(-c4ccccc4)c4cc(Cl)ccc4[nH]c3=O)=NN2C(C)=O)cc1. The Morgan fingerprint density at radius 1 is 1.09 bits per heavy atom. The van der Waals surface area contributed by atoms with Crippen LogP contribution in [0.15, 0.2) is 82.7 Å². The van der Waals surface area contributed by atoms with E-state index < -0.39 is 0 Å². The van der Waals surface area contributed by atoms with Crippen LogP contribution in [0.25, 0.3) is 22.0 Å². The van der Waals surface area contributed by atoms with Gasteiger partial charge in [-0.1, -0.05) is 54.1 Å². The fourth-order valence-electron chi connectivity index (χ4n) is 4.61. The Labute approximate surface area is 207 Å². The molecule has 7 heteroatoms. The van der Waals surface area contributed by atoms with Crippen molar-refractivity contribution >= 4 is 34.1 Å².